The molecular formula is C18H22N2O2S2. The highest BCUT2D eigenvalue weighted by Gasteiger charge is 2.33. The molecule has 0 saturated carbocycles. The van der Waals surface area contributed by atoms with E-state index in [1.807, 2.05) is 37.3 Å². The van der Waals surface area contributed by atoms with E-state index in [1.54, 1.807) is 4.90 Å². The average molecular weight is 363 g/mol. The van der Waals surface area contributed by atoms with Crippen LogP contribution in [0.1, 0.15) is 31.7 Å². The van der Waals surface area contributed by atoms with Gasteiger partial charge in [-0.05, 0) is 56.6 Å². The Morgan fingerprint density at radius 1 is 1.21 bits per heavy atom. The Hall–Kier alpha value is -1.37. The van der Waals surface area contributed by atoms with Crippen LogP contribution in [0.3, 0.4) is 0 Å². The van der Waals surface area contributed by atoms with Gasteiger partial charge in [-0.25, -0.2) is 0 Å². The maximum absolute atomic E-state index is 12.7. The highest BCUT2D eigenvalue weighted by Crippen LogP contribution is 2.33. The van der Waals surface area contributed by atoms with E-state index in [1.165, 1.54) is 31.0 Å². The van der Waals surface area contributed by atoms with Crippen molar-refractivity contribution in [3.05, 3.63) is 34.7 Å². The minimum absolute atomic E-state index is 0.0180. The van der Waals surface area contributed by atoms with Crippen LogP contribution in [0, 0.1) is 0 Å². The lowest BCUT2D eigenvalue weighted by molar-refractivity contribution is -0.123. The number of ether oxygens (including phenoxy) is 1. The van der Waals surface area contributed by atoms with Gasteiger partial charge in [-0.2, -0.15) is 0 Å². The van der Waals surface area contributed by atoms with E-state index in [9.17, 15) is 4.79 Å². The Morgan fingerprint density at radius 2 is 1.92 bits per heavy atom. The normalized spacial score (nSPS) is 20.9. The summed E-state index contributed by atoms with van der Waals surface area (Å²) in [7, 11) is 0. The summed E-state index contributed by atoms with van der Waals surface area (Å²) in [6.45, 7) is 5.32. The third kappa shape index (κ3) is 4.18. The van der Waals surface area contributed by atoms with Crippen LogP contribution in [0.5, 0.6) is 5.75 Å². The van der Waals surface area contributed by atoms with Crippen molar-refractivity contribution in [2.24, 2.45) is 0 Å². The summed E-state index contributed by atoms with van der Waals surface area (Å²) in [6, 6.07) is 7.76. The summed E-state index contributed by atoms with van der Waals surface area (Å²) in [4.78, 5) is 17.4. The van der Waals surface area contributed by atoms with Crippen molar-refractivity contribution < 1.29 is 9.53 Å². The Morgan fingerprint density at radius 3 is 2.58 bits per heavy atom. The van der Waals surface area contributed by atoms with Crippen molar-refractivity contribution in [2.75, 3.05) is 26.4 Å². The SMILES string of the molecule is CCOc1ccc(C=C2SC(=S)N(CN3CCCCC3)C2=O)cc1. The minimum atomic E-state index is 0.0180. The molecule has 6 heteroatoms. The summed E-state index contributed by atoms with van der Waals surface area (Å²) in [5.41, 5.74) is 0.983. The number of hydrogen-bond donors (Lipinski definition) is 0. The molecule has 1 aromatic rings. The quantitative estimate of drug-likeness (QED) is 0.589. The van der Waals surface area contributed by atoms with Crippen LogP contribution < -0.4 is 4.74 Å². The highest BCUT2D eigenvalue weighted by molar-refractivity contribution is 8.26. The summed E-state index contributed by atoms with van der Waals surface area (Å²) in [5, 5.41) is 0. The first-order valence-corrected chi connectivity index (χ1v) is 9.60. The third-order valence-electron chi connectivity index (χ3n) is 4.15. The smallest absolute Gasteiger partial charge is 0.267 e. The molecule has 0 atom stereocenters. The van der Waals surface area contributed by atoms with Crippen molar-refractivity contribution in [2.45, 2.75) is 26.2 Å². The molecule has 2 fully saturated rings. The van der Waals surface area contributed by atoms with Crippen LogP contribution in [0.25, 0.3) is 6.08 Å². The zero-order valence-corrected chi connectivity index (χ0v) is 15.5. The summed E-state index contributed by atoms with van der Waals surface area (Å²) < 4.78 is 6.10. The predicted molar refractivity (Wildman–Crippen MR) is 103 cm³/mol. The summed E-state index contributed by atoms with van der Waals surface area (Å²) >= 11 is 6.81. The predicted octanol–water partition coefficient (Wildman–Crippen LogP) is 3.73. The number of thioether (sulfide) groups is 1. The zero-order chi connectivity index (χ0) is 16.9. The Bertz CT molecular complexity index is 637. The molecule has 0 radical (unpaired) electrons. The fourth-order valence-electron chi connectivity index (χ4n) is 2.90. The van der Waals surface area contributed by atoms with E-state index in [0.29, 0.717) is 22.5 Å². The molecular weight excluding hydrogens is 340 g/mol. The van der Waals surface area contributed by atoms with Crippen LogP contribution in [0.2, 0.25) is 0 Å². The number of hydrogen-bond acceptors (Lipinski definition) is 5. The molecule has 0 aromatic heterocycles. The molecule has 2 heterocycles. The van der Waals surface area contributed by atoms with Crippen molar-refractivity contribution in [3.63, 3.8) is 0 Å². The molecule has 128 valence electrons. The van der Waals surface area contributed by atoms with Gasteiger partial charge < -0.3 is 4.74 Å². The first kappa shape index (κ1) is 17.5. The van der Waals surface area contributed by atoms with E-state index < -0.39 is 0 Å². The molecule has 2 aliphatic rings. The molecule has 0 N–H and O–H groups in total. The number of piperidine rings is 1. The molecule has 24 heavy (non-hydrogen) atoms. The highest BCUT2D eigenvalue weighted by atomic mass is 32.2. The van der Waals surface area contributed by atoms with Gasteiger partial charge in [0.05, 0.1) is 18.2 Å². The van der Waals surface area contributed by atoms with Gasteiger partial charge >= 0.3 is 0 Å². The molecule has 3 rings (SSSR count). The number of carbonyl (C=O) groups excluding carboxylic acids is 1. The van der Waals surface area contributed by atoms with Gasteiger partial charge in [-0.15, -0.1) is 0 Å². The van der Waals surface area contributed by atoms with Gasteiger partial charge in [0.1, 0.15) is 10.1 Å². The molecule has 0 spiro atoms. The van der Waals surface area contributed by atoms with Crippen molar-refractivity contribution in [1.29, 1.82) is 0 Å². The first-order valence-electron chi connectivity index (χ1n) is 8.38. The molecule has 2 saturated heterocycles. The first-order chi connectivity index (χ1) is 11.7. The average Bonchev–Trinajstić information content (AvgIpc) is 2.85. The number of likely N-dealkylation sites (tertiary alicyclic amines) is 1. The maximum Gasteiger partial charge on any atom is 0.267 e. The number of nitrogens with zero attached hydrogens (tertiary/aromatic N) is 2. The van der Waals surface area contributed by atoms with E-state index in [2.05, 4.69) is 4.90 Å². The number of amides is 1. The van der Waals surface area contributed by atoms with Crippen molar-refractivity contribution in [3.8, 4) is 5.75 Å². The standard InChI is InChI=1S/C18H22N2O2S2/c1-2-22-15-8-6-14(7-9-15)12-16-17(21)20(18(23)24-16)13-19-10-4-3-5-11-19/h6-9,12H,2-5,10-11,13H2,1H3. The van der Waals surface area contributed by atoms with E-state index in [4.69, 9.17) is 17.0 Å². The van der Waals surface area contributed by atoms with Crippen LogP contribution in [0.15, 0.2) is 29.2 Å². The monoisotopic (exact) mass is 362 g/mol. The molecule has 2 aliphatic heterocycles. The zero-order valence-electron chi connectivity index (χ0n) is 13.9. The Balaban J connectivity index is 1.68. The second kappa shape index (κ2) is 8.14. The van der Waals surface area contributed by atoms with Gasteiger partial charge in [-0.1, -0.05) is 42.5 Å². The lowest BCUT2D eigenvalue weighted by Gasteiger charge is -2.29. The number of thiocarbonyl (C=S) groups is 1. The fourth-order valence-corrected chi connectivity index (χ4v) is 4.14. The van der Waals surface area contributed by atoms with Crippen LogP contribution in [0.4, 0.5) is 0 Å². The summed E-state index contributed by atoms with van der Waals surface area (Å²) in [5.74, 6) is 0.858. The second-order valence-corrected chi connectivity index (χ2v) is 7.61. The third-order valence-corrected chi connectivity index (χ3v) is 5.53. The van der Waals surface area contributed by atoms with Gasteiger partial charge in [0.15, 0.2) is 0 Å². The second-order valence-electron chi connectivity index (χ2n) is 5.93. The van der Waals surface area contributed by atoms with Gasteiger partial charge in [0, 0.05) is 0 Å². The van der Waals surface area contributed by atoms with E-state index in [0.717, 1.165) is 24.4 Å². The number of benzene rings is 1. The largest absolute Gasteiger partial charge is 0.494 e. The molecule has 0 bridgehead atoms. The van der Waals surface area contributed by atoms with Crippen molar-refractivity contribution in [1.82, 2.24) is 9.80 Å². The lowest BCUT2D eigenvalue weighted by Crippen LogP contribution is -2.42. The van der Waals surface area contributed by atoms with Crippen LogP contribution in [-0.2, 0) is 4.79 Å². The lowest BCUT2D eigenvalue weighted by atomic mass is 10.1. The minimum Gasteiger partial charge on any atom is -0.494 e. The van der Waals surface area contributed by atoms with Crippen LogP contribution in [-0.4, -0.2) is 46.4 Å². The fraction of sp³-hybridized carbons (Fsp3) is 0.444. The molecule has 0 aliphatic carbocycles. The van der Waals surface area contributed by atoms with E-state index in [-0.39, 0.29) is 5.91 Å². The topological polar surface area (TPSA) is 32.8 Å². The maximum atomic E-state index is 12.7. The Kier molecular flexibility index (Phi) is 5.92. The van der Waals surface area contributed by atoms with Gasteiger partial charge in [0.25, 0.3) is 5.91 Å². The number of carbonyl (C=O) groups is 1. The van der Waals surface area contributed by atoms with E-state index >= 15 is 0 Å². The Labute approximate surface area is 152 Å². The molecule has 0 unspecified atom stereocenters. The molecule has 1 amide bonds. The molecule has 4 nitrogen and oxygen atoms in total. The number of rotatable bonds is 5. The van der Waals surface area contributed by atoms with Gasteiger partial charge in [-0.3, -0.25) is 14.6 Å². The van der Waals surface area contributed by atoms with Gasteiger partial charge in [0.2, 0.25) is 0 Å². The van der Waals surface area contributed by atoms with Crippen molar-refractivity contribution >= 4 is 40.3 Å². The molecule has 1 aromatic carbocycles. The summed E-state index contributed by atoms with van der Waals surface area (Å²) in [6.07, 6.45) is 5.60. The van der Waals surface area contributed by atoms with Crippen LogP contribution >= 0.6 is 24.0 Å².